The number of aliphatic hydroxyl groups excluding tert-OH is 2. The van der Waals surface area contributed by atoms with E-state index in [-0.39, 0.29) is 0 Å². The molecule has 0 saturated heterocycles. The summed E-state index contributed by atoms with van der Waals surface area (Å²) in [6.45, 7) is 0. The average molecular weight is 617 g/mol. The Bertz CT molecular complexity index is 2210. The fraction of sp³-hybridized carbons (Fsp3) is 0.0556. The molecule has 216 valence electrons. The van der Waals surface area contributed by atoms with Crippen molar-refractivity contribution in [2.45, 2.75) is 11.7 Å². The van der Waals surface area contributed by atoms with Crippen LogP contribution in [0.15, 0.2) is 133 Å². The Labute approximate surface area is 254 Å². The quantitative estimate of drug-likeness (QED) is 0.194. The van der Waals surface area contributed by atoms with E-state index in [1.165, 1.54) is 0 Å². The molecule has 44 heavy (non-hydrogen) atoms. The van der Waals surface area contributed by atoms with Gasteiger partial charge in [-0.05, 0) is 63.4 Å². The van der Waals surface area contributed by atoms with Crippen molar-refractivity contribution in [3.8, 4) is 33.8 Å². The SMILES string of the molecule is O=P1(C(O)c2ccc3cccc(C(O)P4(=O)Oc5ccccc5-c5ccccc54)c3c2)Oc2ccccc2-c2ccccc21. The average Bonchev–Trinajstić information content (AvgIpc) is 3.07. The molecule has 4 atom stereocenters. The molecule has 6 aromatic carbocycles. The zero-order valence-electron chi connectivity index (χ0n) is 23.3. The smallest absolute Gasteiger partial charge is 0.310 e. The Morgan fingerprint density at radius 2 is 1.00 bits per heavy atom. The summed E-state index contributed by atoms with van der Waals surface area (Å²) in [7, 11) is -7.77. The molecule has 8 heteroatoms. The van der Waals surface area contributed by atoms with Gasteiger partial charge in [0.05, 0.1) is 10.6 Å². The van der Waals surface area contributed by atoms with Crippen molar-refractivity contribution in [3.05, 3.63) is 145 Å². The minimum atomic E-state index is -3.90. The van der Waals surface area contributed by atoms with Crippen molar-refractivity contribution in [2.24, 2.45) is 0 Å². The Kier molecular flexibility index (Phi) is 6.20. The lowest BCUT2D eigenvalue weighted by atomic mass is 10.0. The molecule has 0 aromatic heterocycles. The van der Waals surface area contributed by atoms with E-state index >= 15 is 0 Å². The van der Waals surface area contributed by atoms with Crippen LogP contribution in [0.1, 0.15) is 22.8 Å². The first-order chi connectivity index (χ1) is 21.4. The summed E-state index contributed by atoms with van der Waals surface area (Å²) in [5.74, 6) is -2.13. The van der Waals surface area contributed by atoms with Crippen LogP contribution < -0.4 is 19.7 Å². The Hall–Kier alpha value is -4.44. The van der Waals surface area contributed by atoms with Crippen LogP contribution in [0.3, 0.4) is 0 Å². The largest absolute Gasteiger partial charge is 0.437 e. The second kappa shape index (κ2) is 10.1. The molecule has 0 saturated carbocycles. The van der Waals surface area contributed by atoms with Crippen LogP contribution in [0.2, 0.25) is 0 Å². The van der Waals surface area contributed by atoms with Crippen LogP contribution in [0.4, 0.5) is 0 Å². The number of hydrogen-bond acceptors (Lipinski definition) is 6. The lowest BCUT2D eigenvalue weighted by molar-refractivity contribution is 0.239. The number of rotatable bonds is 4. The molecule has 2 aliphatic heterocycles. The molecular weight excluding hydrogens is 590 g/mol. The van der Waals surface area contributed by atoms with E-state index in [4.69, 9.17) is 9.05 Å². The Balaban J connectivity index is 1.24. The third kappa shape index (κ3) is 3.96. The molecule has 0 aliphatic carbocycles. The maximum absolute atomic E-state index is 14.7. The van der Waals surface area contributed by atoms with E-state index < -0.39 is 26.4 Å². The third-order valence-corrected chi connectivity index (χ3v) is 13.4. The summed E-state index contributed by atoms with van der Waals surface area (Å²) >= 11 is 0. The van der Waals surface area contributed by atoms with Crippen LogP contribution in [0.5, 0.6) is 11.5 Å². The summed E-state index contributed by atoms with van der Waals surface area (Å²) in [6.07, 6.45) is 0. The monoisotopic (exact) mass is 616 g/mol. The standard InChI is InChI=1S/C36H26O6P2/c37-35(43(39)33-18-7-3-13-27(33)25-11-1-5-16-31(25)41-43)24-21-20-23-10-9-15-29(30(23)22-24)36(38)44(40)34-19-8-4-14-28(34)26-12-2-6-17-32(26)42-44/h1-22,35-38H. The second-order valence-electron chi connectivity index (χ2n) is 11.0. The summed E-state index contributed by atoms with van der Waals surface area (Å²) in [5, 5.41) is 25.9. The maximum Gasteiger partial charge on any atom is 0.310 e. The van der Waals surface area contributed by atoms with Crippen molar-refractivity contribution in [3.63, 3.8) is 0 Å². The van der Waals surface area contributed by atoms with Crippen LogP contribution in [-0.2, 0) is 9.13 Å². The van der Waals surface area contributed by atoms with Gasteiger partial charge in [0.25, 0.3) is 0 Å². The molecule has 0 fully saturated rings. The van der Waals surface area contributed by atoms with E-state index in [2.05, 4.69) is 0 Å². The highest BCUT2D eigenvalue weighted by atomic mass is 31.2. The van der Waals surface area contributed by atoms with Gasteiger partial charge in [-0.25, -0.2) is 0 Å². The van der Waals surface area contributed by atoms with E-state index in [9.17, 15) is 19.3 Å². The van der Waals surface area contributed by atoms with Gasteiger partial charge in [0.1, 0.15) is 11.5 Å². The molecule has 0 spiro atoms. The Morgan fingerprint density at radius 1 is 0.500 bits per heavy atom. The highest BCUT2D eigenvalue weighted by Gasteiger charge is 2.45. The van der Waals surface area contributed by atoms with Crippen LogP contribution in [-0.4, -0.2) is 10.2 Å². The normalized spacial score (nSPS) is 21.0. The van der Waals surface area contributed by atoms with E-state index in [0.29, 0.717) is 38.6 Å². The predicted octanol–water partition coefficient (Wildman–Crippen LogP) is 8.15. The number of para-hydroxylation sites is 2. The Morgan fingerprint density at radius 3 is 1.59 bits per heavy atom. The van der Waals surface area contributed by atoms with Gasteiger partial charge in [0.15, 0.2) is 11.7 Å². The first-order valence-corrected chi connectivity index (χ1v) is 17.6. The number of fused-ring (bicyclic) bond motifs is 7. The molecule has 2 N–H and O–H groups in total. The summed E-state index contributed by atoms with van der Waals surface area (Å²) in [5.41, 5.74) is 3.85. The molecule has 6 aromatic rings. The zero-order chi connectivity index (χ0) is 30.1. The fourth-order valence-corrected chi connectivity index (χ4v) is 10.9. The van der Waals surface area contributed by atoms with Crippen molar-refractivity contribution in [1.29, 1.82) is 0 Å². The second-order valence-corrected chi connectivity index (χ2v) is 15.7. The van der Waals surface area contributed by atoms with Gasteiger partial charge in [-0.2, -0.15) is 0 Å². The minimum absolute atomic E-state index is 0.350. The summed E-state index contributed by atoms with van der Waals surface area (Å²) in [6, 6.07) is 39.8. The third-order valence-electron chi connectivity index (χ3n) is 8.46. The van der Waals surface area contributed by atoms with Crippen LogP contribution in [0, 0.1) is 0 Å². The zero-order valence-corrected chi connectivity index (χ0v) is 25.1. The molecule has 2 heterocycles. The van der Waals surface area contributed by atoms with E-state index in [1.54, 1.807) is 78.9 Å². The van der Waals surface area contributed by atoms with Crippen molar-refractivity contribution >= 4 is 36.1 Å². The molecule has 8 rings (SSSR count). The summed E-state index contributed by atoms with van der Waals surface area (Å²) < 4.78 is 41.7. The van der Waals surface area contributed by atoms with E-state index in [0.717, 1.165) is 27.6 Å². The first kappa shape index (κ1) is 27.1. The molecule has 6 nitrogen and oxygen atoms in total. The first-order valence-electron chi connectivity index (χ1n) is 14.2. The molecule has 0 bridgehead atoms. The predicted molar refractivity (Wildman–Crippen MR) is 173 cm³/mol. The van der Waals surface area contributed by atoms with Gasteiger partial charge in [0.2, 0.25) is 0 Å². The highest BCUT2D eigenvalue weighted by molar-refractivity contribution is 7.68. The van der Waals surface area contributed by atoms with Crippen LogP contribution >= 0.6 is 14.7 Å². The number of benzene rings is 6. The van der Waals surface area contributed by atoms with Gasteiger partial charge in [-0.15, -0.1) is 0 Å². The van der Waals surface area contributed by atoms with E-state index in [1.807, 2.05) is 54.6 Å². The van der Waals surface area contributed by atoms with Crippen molar-refractivity contribution < 1.29 is 28.4 Å². The minimum Gasteiger partial charge on any atom is -0.437 e. The van der Waals surface area contributed by atoms with Crippen molar-refractivity contribution in [1.82, 2.24) is 0 Å². The molecule has 2 aliphatic rings. The van der Waals surface area contributed by atoms with Crippen molar-refractivity contribution in [2.75, 3.05) is 0 Å². The number of hydrogen-bond donors (Lipinski definition) is 2. The topological polar surface area (TPSA) is 93.1 Å². The van der Waals surface area contributed by atoms with Gasteiger partial charge >= 0.3 is 14.7 Å². The molecular formula is C36H26O6P2. The van der Waals surface area contributed by atoms with Gasteiger partial charge < -0.3 is 19.3 Å². The molecule has 0 amide bonds. The lowest BCUT2D eigenvalue weighted by Gasteiger charge is -2.32. The number of aliphatic hydroxyl groups is 2. The fourth-order valence-electron chi connectivity index (χ4n) is 6.32. The summed E-state index contributed by atoms with van der Waals surface area (Å²) in [4.78, 5) is 0. The van der Waals surface area contributed by atoms with Crippen LogP contribution in [0.25, 0.3) is 33.0 Å². The lowest BCUT2D eigenvalue weighted by Crippen LogP contribution is -2.22. The maximum atomic E-state index is 14.7. The molecule has 0 radical (unpaired) electrons. The molecule has 4 unspecified atom stereocenters. The highest BCUT2D eigenvalue weighted by Crippen LogP contribution is 2.64. The van der Waals surface area contributed by atoms with Gasteiger partial charge in [-0.1, -0.05) is 103 Å². The van der Waals surface area contributed by atoms with Gasteiger partial charge in [-0.3, -0.25) is 9.13 Å². The van der Waals surface area contributed by atoms with Gasteiger partial charge in [0, 0.05) is 11.1 Å².